The summed E-state index contributed by atoms with van der Waals surface area (Å²) < 4.78 is 13.2. The lowest BCUT2D eigenvalue weighted by Crippen LogP contribution is -2.22. The van der Waals surface area contributed by atoms with E-state index in [1.807, 2.05) is 6.92 Å². The lowest BCUT2D eigenvalue weighted by molar-refractivity contribution is 0.604. The average Bonchev–Trinajstić information content (AvgIpc) is 2.95. The van der Waals surface area contributed by atoms with E-state index in [1.54, 1.807) is 12.1 Å². The summed E-state index contributed by atoms with van der Waals surface area (Å²) in [5.41, 5.74) is 9.53. The number of hydrogen-bond donors (Lipinski definition) is 2. The Morgan fingerprint density at radius 3 is 2.88 bits per heavy atom. The molecule has 17 heavy (non-hydrogen) atoms. The van der Waals surface area contributed by atoms with Gasteiger partial charge >= 0.3 is 0 Å². The van der Waals surface area contributed by atoms with Gasteiger partial charge in [0.1, 0.15) is 5.82 Å². The van der Waals surface area contributed by atoms with Crippen LogP contribution in [-0.4, -0.2) is 10.5 Å². The van der Waals surface area contributed by atoms with Crippen LogP contribution in [0.1, 0.15) is 30.5 Å². The molecule has 90 valence electrons. The van der Waals surface area contributed by atoms with Crippen molar-refractivity contribution >= 4 is 10.9 Å². The van der Waals surface area contributed by atoms with E-state index in [2.05, 4.69) is 4.98 Å². The molecule has 3 heteroatoms. The van der Waals surface area contributed by atoms with Crippen LogP contribution in [0.2, 0.25) is 0 Å². The van der Waals surface area contributed by atoms with Crippen molar-refractivity contribution in [2.45, 2.75) is 38.1 Å². The molecule has 0 amide bonds. The van der Waals surface area contributed by atoms with E-state index in [0.717, 1.165) is 42.1 Å². The largest absolute Gasteiger partial charge is 0.358 e. The minimum atomic E-state index is -0.177. The van der Waals surface area contributed by atoms with Gasteiger partial charge in [0.15, 0.2) is 0 Å². The van der Waals surface area contributed by atoms with Crippen LogP contribution < -0.4 is 5.73 Å². The third-order valence-electron chi connectivity index (χ3n) is 3.89. The van der Waals surface area contributed by atoms with Crippen LogP contribution in [0.3, 0.4) is 0 Å². The molecule has 3 N–H and O–H groups in total. The third kappa shape index (κ3) is 1.95. The van der Waals surface area contributed by atoms with Crippen LogP contribution in [0, 0.1) is 12.7 Å². The number of halogens is 1. The lowest BCUT2D eigenvalue weighted by atomic mass is 10.1. The fourth-order valence-electron chi connectivity index (χ4n) is 2.39. The van der Waals surface area contributed by atoms with Gasteiger partial charge in [-0.15, -0.1) is 0 Å². The van der Waals surface area contributed by atoms with Crippen molar-refractivity contribution in [2.75, 3.05) is 0 Å². The molecule has 3 rings (SSSR count). The van der Waals surface area contributed by atoms with Crippen LogP contribution >= 0.6 is 0 Å². The molecule has 1 fully saturated rings. The Morgan fingerprint density at radius 1 is 1.41 bits per heavy atom. The Labute approximate surface area is 100 Å². The van der Waals surface area contributed by atoms with Crippen LogP contribution in [0.15, 0.2) is 18.2 Å². The van der Waals surface area contributed by atoms with Crippen LogP contribution in [0.5, 0.6) is 0 Å². The molecule has 0 saturated heterocycles. The zero-order valence-electron chi connectivity index (χ0n) is 10.0. The van der Waals surface area contributed by atoms with E-state index >= 15 is 0 Å². The van der Waals surface area contributed by atoms with Gasteiger partial charge in [0.05, 0.1) is 0 Å². The van der Waals surface area contributed by atoms with Gasteiger partial charge in [0.2, 0.25) is 0 Å². The molecule has 0 aliphatic heterocycles. The van der Waals surface area contributed by atoms with Crippen LogP contribution in [0.4, 0.5) is 4.39 Å². The second kappa shape index (κ2) is 3.57. The van der Waals surface area contributed by atoms with Gasteiger partial charge in [-0.05, 0) is 56.4 Å². The number of fused-ring (bicyclic) bond motifs is 1. The maximum atomic E-state index is 13.2. The molecule has 0 atom stereocenters. The average molecular weight is 232 g/mol. The molecule has 0 radical (unpaired) electrons. The topological polar surface area (TPSA) is 41.8 Å². The smallest absolute Gasteiger partial charge is 0.123 e. The second-order valence-electron chi connectivity index (χ2n) is 5.28. The summed E-state index contributed by atoms with van der Waals surface area (Å²) >= 11 is 0. The number of aromatic amines is 1. The van der Waals surface area contributed by atoms with Crippen molar-refractivity contribution in [3.63, 3.8) is 0 Å². The summed E-state index contributed by atoms with van der Waals surface area (Å²) in [6, 6.07) is 4.89. The number of benzene rings is 1. The van der Waals surface area contributed by atoms with Crippen molar-refractivity contribution in [2.24, 2.45) is 5.73 Å². The molecular formula is C14H17FN2. The van der Waals surface area contributed by atoms with E-state index in [1.165, 1.54) is 11.8 Å². The summed E-state index contributed by atoms with van der Waals surface area (Å²) in [6.07, 6.45) is 4.25. The number of aromatic nitrogens is 1. The van der Waals surface area contributed by atoms with Gasteiger partial charge in [-0.1, -0.05) is 0 Å². The first kappa shape index (κ1) is 10.8. The standard InChI is InChI=1S/C14H17FN2/c1-9-11-8-10(15)2-3-13(11)17-12(9)4-5-14(16)6-7-14/h2-3,8,17H,4-7,16H2,1H3. The van der Waals surface area contributed by atoms with Gasteiger partial charge in [0.25, 0.3) is 0 Å². The van der Waals surface area contributed by atoms with Gasteiger partial charge in [-0.3, -0.25) is 0 Å². The van der Waals surface area contributed by atoms with E-state index in [-0.39, 0.29) is 11.4 Å². The first-order valence-electron chi connectivity index (χ1n) is 6.13. The number of hydrogen-bond acceptors (Lipinski definition) is 1. The zero-order valence-corrected chi connectivity index (χ0v) is 10.0. The van der Waals surface area contributed by atoms with Gasteiger partial charge in [-0.25, -0.2) is 4.39 Å². The Bertz CT molecular complexity index is 567. The molecule has 2 aromatic rings. The molecule has 1 heterocycles. The van der Waals surface area contributed by atoms with Crippen molar-refractivity contribution in [3.8, 4) is 0 Å². The zero-order chi connectivity index (χ0) is 12.0. The normalized spacial score (nSPS) is 17.6. The summed E-state index contributed by atoms with van der Waals surface area (Å²) in [5.74, 6) is -0.177. The fourth-order valence-corrected chi connectivity index (χ4v) is 2.39. The molecule has 1 aliphatic carbocycles. The summed E-state index contributed by atoms with van der Waals surface area (Å²) in [5, 5.41) is 0.988. The molecule has 1 aromatic carbocycles. The molecule has 2 nitrogen and oxygen atoms in total. The van der Waals surface area contributed by atoms with Crippen molar-refractivity contribution in [1.29, 1.82) is 0 Å². The quantitative estimate of drug-likeness (QED) is 0.839. The van der Waals surface area contributed by atoms with E-state index in [0.29, 0.717) is 0 Å². The second-order valence-corrected chi connectivity index (χ2v) is 5.28. The van der Waals surface area contributed by atoms with E-state index in [4.69, 9.17) is 5.73 Å². The lowest BCUT2D eigenvalue weighted by Gasteiger charge is -2.07. The van der Waals surface area contributed by atoms with E-state index in [9.17, 15) is 4.39 Å². The monoisotopic (exact) mass is 232 g/mol. The summed E-state index contributed by atoms with van der Waals surface area (Å²) in [4.78, 5) is 3.37. The maximum Gasteiger partial charge on any atom is 0.123 e. The molecule has 1 aliphatic rings. The summed E-state index contributed by atoms with van der Waals surface area (Å²) in [7, 11) is 0. The summed E-state index contributed by atoms with van der Waals surface area (Å²) in [6.45, 7) is 2.05. The number of nitrogens with two attached hydrogens (primary N) is 1. The van der Waals surface area contributed by atoms with Crippen LogP contribution in [-0.2, 0) is 6.42 Å². The highest BCUT2D eigenvalue weighted by atomic mass is 19.1. The van der Waals surface area contributed by atoms with Gasteiger partial charge in [0, 0.05) is 22.1 Å². The number of aryl methyl sites for hydroxylation is 2. The maximum absolute atomic E-state index is 13.2. The first-order valence-corrected chi connectivity index (χ1v) is 6.13. The highest BCUT2D eigenvalue weighted by Crippen LogP contribution is 2.37. The predicted molar refractivity (Wildman–Crippen MR) is 67.5 cm³/mol. The number of rotatable bonds is 3. The number of H-pyrrole nitrogens is 1. The predicted octanol–water partition coefficient (Wildman–Crippen LogP) is 3.04. The SMILES string of the molecule is Cc1c(CCC2(N)CC2)[nH]c2ccc(F)cc12. The minimum Gasteiger partial charge on any atom is -0.358 e. The third-order valence-corrected chi connectivity index (χ3v) is 3.89. The molecule has 0 spiro atoms. The first-order chi connectivity index (χ1) is 8.07. The molecule has 1 aromatic heterocycles. The highest BCUT2D eigenvalue weighted by molar-refractivity contribution is 5.84. The Hall–Kier alpha value is -1.35. The number of nitrogens with one attached hydrogen (secondary N) is 1. The van der Waals surface area contributed by atoms with Crippen LogP contribution in [0.25, 0.3) is 10.9 Å². The van der Waals surface area contributed by atoms with Gasteiger partial charge in [-0.2, -0.15) is 0 Å². The fraction of sp³-hybridized carbons (Fsp3) is 0.429. The molecule has 1 saturated carbocycles. The Balaban J connectivity index is 1.91. The minimum absolute atomic E-state index is 0.0784. The van der Waals surface area contributed by atoms with Gasteiger partial charge < -0.3 is 10.7 Å². The van der Waals surface area contributed by atoms with Crippen molar-refractivity contribution in [1.82, 2.24) is 4.98 Å². The Kier molecular flexibility index (Phi) is 2.26. The van der Waals surface area contributed by atoms with Crippen molar-refractivity contribution < 1.29 is 4.39 Å². The Morgan fingerprint density at radius 2 is 2.18 bits per heavy atom. The molecule has 0 bridgehead atoms. The van der Waals surface area contributed by atoms with E-state index < -0.39 is 0 Å². The van der Waals surface area contributed by atoms with Crippen molar-refractivity contribution in [3.05, 3.63) is 35.3 Å². The molecule has 0 unspecified atom stereocenters. The highest BCUT2D eigenvalue weighted by Gasteiger charge is 2.37. The molecular weight excluding hydrogens is 215 g/mol.